The van der Waals surface area contributed by atoms with Gasteiger partial charge in [0.1, 0.15) is 0 Å². The Morgan fingerprint density at radius 3 is 0.889 bits per heavy atom. The molecule has 0 saturated heterocycles. The Hall–Kier alpha value is -2.69. The first kappa shape index (κ1) is 22.4. The van der Waals surface area contributed by atoms with Crippen LogP contribution in [0.15, 0.2) is 72.8 Å². The van der Waals surface area contributed by atoms with Crippen molar-refractivity contribution in [2.24, 2.45) is 0 Å². The fourth-order valence-electron chi connectivity index (χ4n) is 2.66. The smallest absolute Gasteiger partial charge is 0.762 e. The molecule has 3 rings (SSSR count). The SMILES string of the molecule is Cc1ccc([C+](c2ccc(C)cc2)c2ccc(C)cc2)cc1.FB(F)F.[F-]. The summed E-state index contributed by atoms with van der Waals surface area (Å²) in [6, 6.07) is 26.3. The van der Waals surface area contributed by atoms with Gasteiger partial charge in [-0.15, -0.1) is 0 Å². The highest BCUT2D eigenvalue weighted by molar-refractivity contribution is 6.33. The van der Waals surface area contributed by atoms with E-state index >= 15 is 0 Å². The van der Waals surface area contributed by atoms with E-state index in [9.17, 15) is 12.9 Å². The van der Waals surface area contributed by atoms with Gasteiger partial charge in [0, 0.05) is 0 Å². The monoisotopic (exact) mass is 372 g/mol. The number of hydrogen-bond donors (Lipinski definition) is 0. The molecule has 0 aliphatic carbocycles. The molecule has 0 radical (unpaired) electrons. The van der Waals surface area contributed by atoms with Crippen molar-refractivity contribution < 1.29 is 17.7 Å². The van der Waals surface area contributed by atoms with Crippen LogP contribution >= 0.6 is 0 Å². The third kappa shape index (κ3) is 6.85. The van der Waals surface area contributed by atoms with E-state index in [1.807, 2.05) is 0 Å². The third-order valence-corrected chi connectivity index (χ3v) is 4.02. The van der Waals surface area contributed by atoms with E-state index in [2.05, 4.69) is 93.6 Å². The largest absolute Gasteiger partial charge is 1.00 e. The summed E-state index contributed by atoms with van der Waals surface area (Å²) in [5.74, 6) is 1.29. The van der Waals surface area contributed by atoms with Crippen LogP contribution < -0.4 is 4.70 Å². The maximum atomic E-state index is 9.67. The van der Waals surface area contributed by atoms with E-state index in [0.29, 0.717) is 0 Å². The van der Waals surface area contributed by atoms with Crippen molar-refractivity contribution in [2.45, 2.75) is 20.8 Å². The van der Waals surface area contributed by atoms with Gasteiger partial charge in [-0.1, -0.05) is 0 Å². The minimum absolute atomic E-state index is 0. The molecule has 3 aromatic rings. The van der Waals surface area contributed by atoms with Crippen LogP contribution in [0.2, 0.25) is 0 Å². The molecular formula is C22H21BF4. The molecule has 0 spiro atoms. The lowest BCUT2D eigenvalue weighted by Gasteiger charge is -2.14. The summed E-state index contributed by atoms with van der Waals surface area (Å²) >= 11 is 0. The van der Waals surface area contributed by atoms with Crippen LogP contribution in [0, 0.1) is 26.7 Å². The fraction of sp³-hybridized carbons (Fsp3) is 0.136. The Labute approximate surface area is 158 Å². The van der Waals surface area contributed by atoms with Gasteiger partial charge in [-0.3, -0.25) is 12.9 Å². The molecule has 5 heteroatoms. The van der Waals surface area contributed by atoms with Crippen molar-refractivity contribution in [3.8, 4) is 0 Å². The highest BCUT2D eigenvalue weighted by atomic mass is 19.4. The van der Waals surface area contributed by atoms with Crippen molar-refractivity contribution in [1.82, 2.24) is 0 Å². The molecule has 3 aromatic carbocycles. The minimum Gasteiger partial charge on any atom is -1.00 e. The van der Waals surface area contributed by atoms with Crippen molar-refractivity contribution in [3.05, 3.63) is 112 Å². The normalized spacial score (nSPS) is 9.56. The van der Waals surface area contributed by atoms with Crippen LogP contribution in [0.3, 0.4) is 0 Å². The van der Waals surface area contributed by atoms with E-state index in [1.165, 1.54) is 39.3 Å². The lowest BCUT2D eigenvalue weighted by molar-refractivity contribution is -0.00000817. The first-order valence-electron chi connectivity index (χ1n) is 8.37. The Morgan fingerprint density at radius 2 is 0.704 bits per heavy atom. The summed E-state index contributed by atoms with van der Waals surface area (Å²) in [5.41, 5.74) is 7.65. The average Bonchev–Trinajstić information content (AvgIpc) is 2.60. The second-order valence-corrected chi connectivity index (χ2v) is 6.22. The molecule has 0 nitrogen and oxygen atoms in total. The molecular weight excluding hydrogens is 351 g/mol. The minimum atomic E-state index is -3.67. The van der Waals surface area contributed by atoms with Crippen LogP contribution in [0.1, 0.15) is 33.4 Å². The molecule has 0 amide bonds. The standard InChI is InChI=1S/C22H21.BF3.FH/c1-16-4-10-19(11-5-16)22(20-12-6-17(2)7-13-20)21-14-8-18(3)9-15-21;2-1(3)4;/h4-15H,1-3H3;;1H/q+1;;/p-1. The van der Waals surface area contributed by atoms with Gasteiger partial charge in [0.15, 0.2) is 0 Å². The maximum absolute atomic E-state index is 9.67. The van der Waals surface area contributed by atoms with Gasteiger partial charge in [-0.25, -0.2) is 0 Å². The van der Waals surface area contributed by atoms with Gasteiger partial charge < -0.3 is 4.70 Å². The van der Waals surface area contributed by atoms with Crippen molar-refractivity contribution >= 4 is 7.54 Å². The lowest BCUT2D eigenvalue weighted by atomic mass is 9.84. The quantitative estimate of drug-likeness (QED) is 0.286. The first-order chi connectivity index (χ1) is 12.4. The molecule has 0 unspecified atom stereocenters. The summed E-state index contributed by atoms with van der Waals surface area (Å²) < 4.78 is 29.0. The van der Waals surface area contributed by atoms with Crippen molar-refractivity contribution in [2.75, 3.05) is 0 Å². The van der Waals surface area contributed by atoms with Crippen molar-refractivity contribution in [3.63, 3.8) is 0 Å². The molecule has 140 valence electrons. The zero-order valence-electron chi connectivity index (χ0n) is 15.5. The number of aryl methyl sites for hydroxylation is 3. The maximum Gasteiger partial charge on any atom is 0.762 e. The fourth-order valence-corrected chi connectivity index (χ4v) is 2.66. The summed E-state index contributed by atoms with van der Waals surface area (Å²) in [6.45, 7) is 6.38. The molecule has 0 aliphatic rings. The van der Waals surface area contributed by atoms with Crippen LogP contribution in [-0.4, -0.2) is 7.54 Å². The predicted molar refractivity (Wildman–Crippen MR) is 103 cm³/mol. The van der Waals surface area contributed by atoms with Crippen LogP contribution in [0.25, 0.3) is 0 Å². The summed E-state index contributed by atoms with van der Waals surface area (Å²) in [4.78, 5) is 0. The Morgan fingerprint density at radius 1 is 0.519 bits per heavy atom. The molecule has 0 aliphatic heterocycles. The van der Waals surface area contributed by atoms with E-state index in [4.69, 9.17) is 0 Å². The number of hydrogen-bond acceptors (Lipinski definition) is 0. The zero-order chi connectivity index (χ0) is 19.1. The van der Waals surface area contributed by atoms with E-state index < -0.39 is 7.54 Å². The van der Waals surface area contributed by atoms with Crippen LogP contribution in [0.5, 0.6) is 0 Å². The van der Waals surface area contributed by atoms with Gasteiger partial charge >= 0.3 is 7.54 Å². The average molecular weight is 372 g/mol. The summed E-state index contributed by atoms with van der Waals surface area (Å²) in [6.07, 6.45) is 0. The summed E-state index contributed by atoms with van der Waals surface area (Å²) in [7, 11) is -3.67. The lowest BCUT2D eigenvalue weighted by Crippen LogP contribution is -3.00. The predicted octanol–water partition coefficient (Wildman–Crippen LogP) is 3.51. The zero-order valence-corrected chi connectivity index (χ0v) is 15.5. The van der Waals surface area contributed by atoms with Gasteiger partial charge in [-0.05, 0) is 110 Å². The van der Waals surface area contributed by atoms with Crippen molar-refractivity contribution in [1.29, 1.82) is 0 Å². The summed E-state index contributed by atoms with van der Waals surface area (Å²) in [5, 5.41) is 0. The third-order valence-electron chi connectivity index (χ3n) is 4.02. The van der Waals surface area contributed by atoms with E-state index in [0.717, 1.165) is 0 Å². The Bertz CT molecular complexity index is 686. The van der Waals surface area contributed by atoms with E-state index in [-0.39, 0.29) is 4.70 Å². The van der Waals surface area contributed by atoms with Gasteiger partial charge in [0.2, 0.25) is 0 Å². The molecule has 0 bridgehead atoms. The molecule has 0 aromatic heterocycles. The van der Waals surface area contributed by atoms with E-state index in [1.54, 1.807) is 0 Å². The Balaban J connectivity index is 0.000000666. The second kappa shape index (κ2) is 10.5. The highest BCUT2D eigenvalue weighted by Gasteiger charge is 2.22. The number of halogens is 4. The topological polar surface area (TPSA) is 0 Å². The van der Waals surface area contributed by atoms with Gasteiger partial charge in [0.05, 0.1) is 22.6 Å². The van der Waals surface area contributed by atoms with Gasteiger partial charge in [0.25, 0.3) is 0 Å². The molecule has 0 fully saturated rings. The highest BCUT2D eigenvalue weighted by Crippen LogP contribution is 2.31. The second-order valence-electron chi connectivity index (χ2n) is 6.22. The van der Waals surface area contributed by atoms with Crippen LogP contribution in [-0.2, 0) is 0 Å². The molecule has 27 heavy (non-hydrogen) atoms. The van der Waals surface area contributed by atoms with Gasteiger partial charge in [-0.2, -0.15) is 0 Å². The Kier molecular flexibility index (Phi) is 8.66. The van der Waals surface area contributed by atoms with Crippen LogP contribution in [0.4, 0.5) is 12.9 Å². The number of benzene rings is 3. The molecule has 0 saturated carbocycles. The first-order valence-corrected chi connectivity index (χ1v) is 8.37. The molecule has 0 N–H and O–H groups in total. The molecule has 0 heterocycles. The number of rotatable bonds is 3. The molecule has 0 atom stereocenters.